The average molecular weight is 320 g/mol. The van der Waals surface area contributed by atoms with E-state index >= 15 is 0 Å². The number of carboxylic acids is 1. The summed E-state index contributed by atoms with van der Waals surface area (Å²) >= 11 is 1.06. The number of sulfonamides is 1. The summed E-state index contributed by atoms with van der Waals surface area (Å²) in [5.74, 6) is -0.155. The number of carboxylic acid groups (broad SMARTS) is 1. The Morgan fingerprint density at radius 1 is 1.50 bits per heavy atom. The van der Waals surface area contributed by atoms with Crippen molar-refractivity contribution in [1.29, 1.82) is 0 Å². The van der Waals surface area contributed by atoms with Crippen LogP contribution in [-0.4, -0.2) is 64.1 Å². The van der Waals surface area contributed by atoms with Gasteiger partial charge in [-0.1, -0.05) is 11.8 Å². The second-order valence-electron chi connectivity index (χ2n) is 4.62. The van der Waals surface area contributed by atoms with Gasteiger partial charge in [0.2, 0.25) is 15.2 Å². The van der Waals surface area contributed by atoms with E-state index in [1.807, 2.05) is 0 Å². The highest BCUT2D eigenvalue weighted by Crippen LogP contribution is 2.27. The lowest BCUT2D eigenvalue weighted by molar-refractivity contribution is -0.133. The van der Waals surface area contributed by atoms with Crippen LogP contribution in [0.15, 0.2) is 5.16 Å². The molecule has 0 atom stereocenters. The summed E-state index contributed by atoms with van der Waals surface area (Å²) in [6.45, 7) is 0.948. The van der Waals surface area contributed by atoms with Gasteiger partial charge in [0.25, 0.3) is 0 Å². The fourth-order valence-corrected chi connectivity index (χ4v) is 3.49. The van der Waals surface area contributed by atoms with E-state index in [4.69, 9.17) is 5.11 Å². The Kier molecular flexibility index (Phi) is 4.66. The van der Waals surface area contributed by atoms with Gasteiger partial charge in [-0.05, 0) is 12.8 Å². The molecule has 1 aromatic heterocycles. The fourth-order valence-electron chi connectivity index (χ4n) is 2.09. The number of hydrogen-bond donors (Lipinski definition) is 2. The van der Waals surface area contributed by atoms with Crippen molar-refractivity contribution in [3.05, 3.63) is 5.82 Å². The number of nitrogens with one attached hydrogen (secondary N) is 1. The molecule has 20 heavy (non-hydrogen) atoms. The van der Waals surface area contributed by atoms with Crippen LogP contribution in [-0.2, 0) is 14.8 Å². The van der Waals surface area contributed by atoms with E-state index in [0.29, 0.717) is 36.9 Å². The molecule has 2 rings (SSSR count). The Bertz CT molecular complexity index is 578. The lowest BCUT2D eigenvalue weighted by Crippen LogP contribution is -2.37. The number of carbonyl (C=O) groups is 1. The lowest BCUT2D eigenvalue weighted by Gasteiger charge is -2.28. The zero-order valence-electron chi connectivity index (χ0n) is 10.9. The highest BCUT2D eigenvalue weighted by Gasteiger charge is 2.27. The molecule has 0 aliphatic carbocycles. The standard InChI is InChI=1S/C10H16N4O4S2/c1-20(17,18)14-4-2-7(3-5-14)9-11-10(13-12-9)19-6-8(15)16/h7H,2-6H2,1H3,(H,15,16)(H,11,12,13). The minimum Gasteiger partial charge on any atom is -0.481 e. The molecule has 0 radical (unpaired) electrons. The molecule has 0 amide bonds. The Morgan fingerprint density at radius 2 is 2.15 bits per heavy atom. The number of aromatic nitrogens is 3. The quantitative estimate of drug-likeness (QED) is 0.740. The molecule has 8 nitrogen and oxygen atoms in total. The molecule has 1 aliphatic heterocycles. The van der Waals surface area contributed by atoms with Crippen molar-refractivity contribution in [3.8, 4) is 0 Å². The van der Waals surface area contributed by atoms with Crippen LogP contribution in [0.3, 0.4) is 0 Å². The molecular formula is C10H16N4O4S2. The van der Waals surface area contributed by atoms with Gasteiger partial charge in [0.1, 0.15) is 5.82 Å². The minimum atomic E-state index is -3.13. The number of H-pyrrole nitrogens is 1. The fraction of sp³-hybridized carbons (Fsp3) is 0.700. The summed E-state index contributed by atoms with van der Waals surface area (Å²) in [5.41, 5.74) is 0. The third kappa shape index (κ3) is 3.93. The largest absolute Gasteiger partial charge is 0.481 e. The molecule has 1 aromatic rings. The number of piperidine rings is 1. The summed E-state index contributed by atoms with van der Waals surface area (Å²) < 4.78 is 24.3. The van der Waals surface area contributed by atoms with E-state index in [0.717, 1.165) is 11.8 Å². The second-order valence-corrected chi connectivity index (χ2v) is 7.55. The van der Waals surface area contributed by atoms with Crippen molar-refractivity contribution in [2.24, 2.45) is 0 Å². The Balaban J connectivity index is 1.92. The second kappa shape index (κ2) is 6.10. The van der Waals surface area contributed by atoms with E-state index in [9.17, 15) is 13.2 Å². The third-order valence-corrected chi connectivity index (χ3v) is 5.25. The summed E-state index contributed by atoms with van der Waals surface area (Å²) in [7, 11) is -3.13. The highest BCUT2D eigenvalue weighted by atomic mass is 32.2. The van der Waals surface area contributed by atoms with E-state index in [1.165, 1.54) is 10.6 Å². The summed E-state index contributed by atoms with van der Waals surface area (Å²) in [6.07, 6.45) is 2.58. The Hall–Kier alpha value is -1.13. The Morgan fingerprint density at radius 3 is 2.70 bits per heavy atom. The molecule has 0 unspecified atom stereocenters. The van der Waals surface area contributed by atoms with Gasteiger partial charge in [0, 0.05) is 19.0 Å². The molecule has 1 fully saturated rings. The first-order chi connectivity index (χ1) is 9.36. The van der Waals surface area contributed by atoms with Crippen LogP contribution in [0.4, 0.5) is 0 Å². The molecule has 1 aliphatic rings. The molecule has 2 N–H and O–H groups in total. The van der Waals surface area contributed by atoms with E-state index in [-0.39, 0.29) is 11.7 Å². The molecule has 0 aromatic carbocycles. The van der Waals surface area contributed by atoms with Crippen molar-refractivity contribution < 1.29 is 18.3 Å². The van der Waals surface area contributed by atoms with Crippen LogP contribution >= 0.6 is 11.8 Å². The van der Waals surface area contributed by atoms with Gasteiger partial charge in [-0.2, -0.15) is 0 Å². The monoisotopic (exact) mass is 320 g/mol. The normalized spacial score (nSPS) is 18.2. The van der Waals surface area contributed by atoms with Crippen molar-refractivity contribution in [1.82, 2.24) is 19.5 Å². The van der Waals surface area contributed by atoms with Crippen LogP contribution in [0.2, 0.25) is 0 Å². The maximum atomic E-state index is 11.4. The predicted molar refractivity (Wildman–Crippen MR) is 73.1 cm³/mol. The molecular weight excluding hydrogens is 304 g/mol. The zero-order valence-corrected chi connectivity index (χ0v) is 12.6. The first-order valence-electron chi connectivity index (χ1n) is 6.08. The first-order valence-corrected chi connectivity index (χ1v) is 8.91. The van der Waals surface area contributed by atoms with Gasteiger partial charge in [0.15, 0.2) is 0 Å². The highest BCUT2D eigenvalue weighted by molar-refractivity contribution is 7.99. The van der Waals surface area contributed by atoms with Crippen molar-refractivity contribution in [3.63, 3.8) is 0 Å². The zero-order chi connectivity index (χ0) is 14.8. The van der Waals surface area contributed by atoms with Crippen LogP contribution in [0.5, 0.6) is 0 Å². The van der Waals surface area contributed by atoms with Crippen LogP contribution < -0.4 is 0 Å². The lowest BCUT2D eigenvalue weighted by atomic mass is 9.98. The van der Waals surface area contributed by atoms with Crippen molar-refractivity contribution >= 4 is 27.8 Å². The summed E-state index contributed by atoms with van der Waals surface area (Å²) in [6, 6.07) is 0. The number of thioether (sulfide) groups is 1. The molecule has 0 bridgehead atoms. The Labute approximate surface area is 121 Å². The molecule has 2 heterocycles. The first kappa shape index (κ1) is 15.3. The topological polar surface area (TPSA) is 116 Å². The third-order valence-electron chi connectivity index (χ3n) is 3.12. The number of rotatable bonds is 5. The number of aromatic amines is 1. The SMILES string of the molecule is CS(=O)(=O)N1CCC(c2nc(SCC(=O)O)n[nH]2)CC1. The molecule has 0 spiro atoms. The summed E-state index contributed by atoms with van der Waals surface area (Å²) in [5, 5.41) is 15.8. The van der Waals surface area contributed by atoms with Gasteiger partial charge in [-0.3, -0.25) is 9.89 Å². The van der Waals surface area contributed by atoms with Gasteiger partial charge in [0.05, 0.1) is 12.0 Å². The van der Waals surface area contributed by atoms with Gasteiger partial charge < -0.3 is 5.11 Å². The van der Waals surface area contributed by atoms with Gasteiger partial charge in [-0.25, -0.2) is 17.7 Å². The van der Waals surface area contributed by atoms with Gasteiger partial charge >= 0.3 is 5.97 Å². The predicted octanol–water partition coefficient (Wildman–Crippen LogP) is 0.120. The summed E-state index contributed by atoms with van der Waals surface area (Å²) in [4.78, 5) is 14.7. The van der Waals surface area contributed by atoms with Crippen LogP contribution in [0.25, 0.3) is 0 Å². The molecule has 0 saturated carbocycles. The van der Waals surface area contributed by atoms with Crippen molar-refractivity contribution in [2.75, 3.05) is 25.1 Å². The molecule has 1 saturated heterocycles. The van der Waals surface area contributed by atoms with E-state index in [1.54, 1.807) is 0 Å². The minimum absolute atomic E-state index is 0.0795. The van der Waals surface area contributed by atoms with E-state index < -0.39 is 16.0 Å². The maximum Gasteiger partial charge on any atom is 0.313 e. The maximum absolute atomic E-state index is 11.4. The van der Waals surface area contributed by atoms with Crippen LogP contribution in [0.1, 0.15) is 24.6 Å². The number of hydrogen-bond acceptors (Lipinski definition) is 6. The smallest absolute Gasteiger partial charge is 0.313 e. The molecule has 112 valence electrons. The van der Waals surface area contributed by atoms with E-state index in [2.05, 4.69) is 15.2 Å². The van der Waals surface area contributed by atoms with Crippen molar-refractivity contribution in [2.45, 2.75) is 23.9 Å². The van der Waals surface area contributed by atoms with Gasteiger partial charge in [-0.15, -0.1) is 5.10 Å². The number of aliphatic carboxylic acids is 1. The van der Waals surface area contributed by atoms with Crippen LogP contribution in [0, 0.1) is 0 Å². The number of nitrogens with zero attached hydrogens (tertiary/aromatic N) is 3. The molecule has 10 heteroatoms. The average Bonchev–Trinajstić information content (AvgIpc) is 2.84.